The topological polar surface area (TPSA) is 81.9 Å². The molecule has 0 spiro atoms. The molecule has 2 aromatic heterocycles. The first-order chi connectivity index (χ1) is 13.6. The lowest BCUT2D eigenvalue weighted by Crippen LogP contribution is -2.31. The summed E-state index contributed by atoms with van der Waals surface area (Å²) in [7, 11) is 0. The Morgan fingerprint density at radius 3 is 3.04 bits per heavy atom. The van der Waals surface area contributed by atoms with Gasteiger partial charge < -0.3 is 14.6 Å². The molecule has 28 heavy (non-hydrogen) atoms. The highest BCUT2D eigenvalue weighted by Gasteiger charge is 2.27. The van der Waals surface area contributed by atoms with E-state index in [1.807, 2.05) is 23.6 Å². The normalized spacial score (nSPS) is 15.7. The Balaban J connectivity index is 1.38. The average Bonchev–Trinajstić information content (AvgIpc) is 3.08. The minimum atomic E-state index is -0.123. The molecular formula is C20H20ClN5O2. The Morgan fingerprint density at radius 2 is 2.25 bits per heavy atom. The lowest BCUT2D eigenvalue weighted by Gasteiger charge is -2.23. The van der Waals surface area contributed by atoms with Crippen LogP contribution in [0.15, 0.2) is 42.7 Å². The number of hydrogen-bond acceptors (Lipinski definition) is 5. The van der Waals surface area contributed by atoms with E-state index in [1.54, 1.807) is 30.6 Å². The van der Waals surface area contributed by atoms with Crippen molar-refractivity contribution in [3.63, 3.8) is 0 Å². The van der Waals surface area contributed by atoms with Crippen LogP contribution in [-0.4, -0.2) is 25.7 Å². The number of halogens is 1. The van der Waals surface area contributed by atoms with E-state index in [0.717, 1.165) is 30.1 Å². The minimum Gasteiger partial charge on any atom is -0.487 e. The maximum atomic E-state index is 12.7. The maximum Gasteiger partial charge on any atom is 0.229 e. The molecule has 1 N–H and O–H groups in total. The Hall–Kier alpha value is -2.93. The fourth-order valence-corrected chi connectivity index (χ4v) is 3.50. The Morgan fingerprint density at radius 1 is 1.36 bits per heavy atom. The molecule has 3 heterocycles. The molecular weight excluding hydrogens is 378 g/mol. The van der Waals surface area contributed by atoms with Crippen molar-refractivity contribution in [1.82, 2.24) is 19.7 Å². The number of aryl methyl sites for hydroxylation is 2. The first-order valence-corrected chi connectivity index (χ1v) is 9.49. The fraction of sp³-hybridized carbons (Fsp3) is 0.300. The van der Waals surface area contributed by atoms with E-state index < -0.39 is 0 Å². The molecule has 0 saturated heterocycles. The van der Waals surface area contributed by atoms with Crippen molar-refractivity contribution in [3.8, 4) is 5.75 Å². The molecule has 1 aliphatic rings. The van der Waals surface area contributed by atoms with E-state index in [4.69, 9.17) is 16.3 Å². The monoisotopic (exact) mass is 397 g/mol. The lowest BCUT2D eigenvalue weighted by atomic mass is 9.98. The average molecular weight is 398 g/mol. The summed E-state index contributed by atoms with van der Waals surface area (Å²) in [5.74, 6) is 2.19. The van der Waals surface area contributed by atoms with Gasteiger partial charge >= 0.3 is 0 Å². The number of nitrogens with one attached hydrogen (secondary N) is 1. The number of rotatable bonds is 5. The summed E-state index contributed by atoms with van der Waals surface area (Å²) in [5, 5.41) is 11.6. The van der Waals surface area contributed by atoms with Crippen LogP contribution in [-0.2, 0) is 24.4 Å². The number of carbonyl (C=O) groups is 1. The van der Waals surface area contributed by atoms with Crippen molar-refractivity contribution in [3.05, 3.63) is 65.0 Å². The van der Waals surface area contributed by atoms with Crippen LogP contribution in [0.2, 0.25) is 5.02 Å². The summed E-state index contributed by atoms with van der Waals surface area (Å²) in [6.45, 7) is 2.88. The van der Waals surface area contributed by atoms with Gasteiger partial charge in [0.15, 0.2) is 0 Å². The van der Waals surface area contributed by atoms with Crippen LogP contribution in [0.3, 0.4) is 0 Å². The van der Waals surface area contributed by atoms with Gasteiger partial charge in [-0.25, -0.2) is 0 Å². The molecule has 0 fully saturated rings. The first-order valence-electron chi connectivity index (χ1n) is 9.11. The summed E-state index contributed by atoms with van der Waals surface area (Å²) in [5.41, 5.74) is 1.60. The molecule has 0 unspecified atom stereocenters. The van der Waals surface area contributed by atoms with Crippen LogP contribution in [0.4, 0.5) is 5.69 Å². The number of benzene rings is 1. The second-order valence-corrected chi connectivity index (χ2v) is 7.20. The van der Waals surface area contributed by atoms with Gasteiger partial charge in [0, 0.05) is 36.6 Å². The molecule has 0 radical (unpaired) electrons. The number of fused-ring (bicyclic) bond motifs is 1. The predicted octanol–water partition coefficient (Wildman–Crippen LogP) is 3.42. The molecule has 1 atom stereocenters. The van der Waals surface area contributed by atoms with E-state index in [-0.39, 0.29) is 11.8 Å². The number of anilines is 1. The highest BCUT2D eigenvalue weighted by atomic mass is 35.5. The van der Waals surface area contributed by atoms with Gasteiger partial charge in [-0.1, -0.05) is 17.7 Å². The van der Waals surface area contributed by atoms with Crippen molar-refractivity contribution in [1.29, 1.82) is 0 Å². The van der Waals surface area contributed by atoms with E-state index in [0.29, 0.717) is 29.6 Å². The van der Waals surface area contributed by atoms with Gasteiger partial charge in [-0.05, 0) is 37.6 Å². The molecule has 1 aliphatic heterocycles. The Bertz CT molecular complexity index is 990. The molecule has 4 rings (SSSR count). The second kappa shape index (κ2) is 7.98. The van der Waals surface area contributed by atoms with Crippen LogP contribution in [0, 0.1) is 12.8 Å². The molecule has 0 bridgehead atoms. The van der Waals surface area contributed by atoms with Gasteiger partial charge in [0.2, 0.25) is 5.91 Å². The molecule has 3 aromatic rings. The number of pyridine rings is 1. The Kier molecular flexibility index (Phi) is 5.25. The van der Waals surface area contributed by atoms with Crippen molar-refractivity contribution < 1.29 is 9.53 Å². The maximum absolute atomic E-state index is 12.7. The Labute approximate surface area is 167 Å². The largest absolute Gasteiger partial charge is 0.487 e. The number of hydrogen-bond donors (Lipinski definition) is 1. The zero-order chi connectivity index (χ0) is 19.5. The summed E-state index contributed by atoms with van der Waals surface area (Å²) < 4.78 is 7.75. The van der Waals surface area contributed by atoms with Crippen LogP contribution >= 0.6 is 11.6 Å². The summed E-state index contributed by atoms with van der Waals surface area (Å²) in [4.78, 5) is 16.7. The number of amides is 1. The zero-order valence-corrected chi connectivity index (χ0v) is 16.2. The summed E-state index contributed by atoms with van der Waals surface area (Å²) in [6.07, 6.45) is 4.96. The van der Waals surface area contributed by atoms with Gasteiger partial charge in [-0.15, -0.1) is 10.2 Å². The van der Waals surface area contributed by atoms with Crippen molar-refractivity contribution >= 4 is 23.2 Å². The fourth-order valence-electron chi connectivity index (χ4n) is 3.26. The summed E-state index contributed by atoms with van der Waals surface area (Å²) >= 11 is 6.33. The highest BCUT2D eigenvalue weighted by molar-refractivity contribution is 6.32. The van der Waals surface area contributed by atoms with Gasteiger partial charge in [-0.2, -0.15) is 0 Å². The van der Waals surface area contributed by atoms with E-state index in [9.17, 15) is 4.79 Å². The molecule has 0 saturated carbocycles. The third-order valence-electron chi connectivity index (χ3n) is 4.82. The SMILES string of the molecule is Cc1nnc2n1C[C@H](C(=O)Nc1ccc(OCc3cccnc3)c(Cl)c1)CC2. The van der Waals surface area contributed by atoms with E-state index in [1.165, 1.54) is 0 Å². The van der Waals surface area contributed by atoms with Gasteiger partial charge in [0.1, 0.15) is 24.0 Å². The van der Waals surface area contributed by atoms with Crippen molar-refractivity contribution in [2.45, 2.75) is 32.9 Å². The molecule has 7 nitrogen and oxygen atoms in total. The number of ether oxygens (including phenoxy) is 1. The quantitative estimate of drug-likeness (QED) is 0.713. The van der Waals surface area contributed by atoms with Gasteiger partial charge in [-0.3, -0.25) is 9.78 Å². The molecule has 8 heteroatoms. The van der Waals surface area contributed by atoms with E-state index in [2.05, 4.69) is 20.5 Å². The smallest absolute Gasteiger partial charge is 0.229 e. The van der Waals surface area contributed by atoms with Crippen LogP contribution in [0.5, 0.6) is 5.75 Å². The van der Waals surface area contributed by atoms with Gasteiger partial charge in [0.05, 0.1) is 10.9 Å². The summed E-state index contributed by atoms with van der Waals surface area (Å²) in [6, 6.07) is 9.05. The van der Waals surface area contributed by atoms with Crippen molar-refractivity contribution in [2.24, 2.45) is 5.92 Å². The predicted molar refractivity (Wildman–Crippen MR) is 105 cm³/mol. The first kappa shape index (κ1) is 18.4. The highest BCUT2D eigenvalue weighted by Crippen LogP contribution is 2.29. The zero-order valence-electron chi connectivity index (χ0n) is 15.4. The number of aromatic nitrogens is 4. The third kappa shape index (κ3) is 3.99. The molecule has 144 valence electrons. The second-order valence-electron chi connectivity index (χ2n) is 6.79. The lowest BCUT2D eigenvalue weighted by molar-refractivity contribution is -0.120. The molecule has 1 amide bonds. The van der Waals surface area contributed by atoms with Crippen molar-refractivity contribution in [2.75, 3.05) is 5.32 Å². The standard InChI is InChI=1S/C20H20ClN5O2/c1-13-24-25-19-7-4-15(11-26(13)19)20(27)23-16-5-6-18(17(21)9-16)28-12-14-3-2-8-22-10-14/h2-3,5-6,8-10,15H,4,7,11-12H2,1H3,(H,23,27)/t15-/m1/s1. The van der Waals surface area contributed by atoms with Crippen LogP contribution < -0.4 is 10.1 Å². The number of carbonyl (C=O) groups excluding carboxylic acids is 1. The van der Waals surface area contributed by atoms with Crippen LogP contribution in [0.25, 0.3) is 0 Å². The van der Waals surface area contributed by atoms with E-state index >= 15 is 0 Å². The minimum absolute atomic E-state index is 0.0288. The molecule has 1 aromatic carbocycles. The van der Waals surface area contributed by atoms with Crippen LogP contribution in [0.1, 0.15) is 23.6 Å². The third-order valence-corrected chi connectivity index (χ3v) is 5.11. The molecule has 0 aliphatic carbocycles. The number of nitrogens with zero attached hydrogens (tertiary/aromatic N) is 4. The van der Waals surface area contributed by atoms with Gasteiger partial charge in [0.25, 0.3) is 0 Å².